The highest BCUT2D eigenvalue weighted by molar-refractivity contribution is 9.10. The van der Waals surface area contributed by atoms with Gasteiger partial charge < -0.3 is 9.84 Å². The summed E-state index contributed by atoms with van der Waals surface area (Å²) < 4.78 is 8.01. The maximum atomic E-state index is 12.4. The van der Waals surface area contributed by atoms with Crippen LogP contribution in [-0.2, 0) is 11.2 Å². The third kappa shape index (κ3) is 4.35. The number of halogens is 1. The van der Waals surface area contributed by atoms with Gasteiger partial charge in [0, 0.05) is 22.5 Å². The summed E-state index contributed by atoms with van der Waals surface area (Å²) in [6, 6.07) is 1.96. The highest BCUT2D eigenvalue weighted by Crippen LogP contribution is 2.29. The van der Waals surface area contributed by atoms with E-state index in [2.05, 4.69) is 15.9 Å². The number of aliphatic hydroxyl groups is 1. The first-order valence-electron chi connectivity index (χ1n) is 6.91. The van der Waals surface area contributed by atoms with E-state index in [9.17, 15) is 4.79 Å². The molecule has 4 nitrogen and oxygen atoms in total. The lowest BCUT2D eigenvalue weighted by Gasteiger charge is -2.22. The van der Waals surface area contributed by atoms with Crippen LogP contribution in [-0.4, -0.2) is 28.0 Å². The number of aromatic nitrogens is 1. The van der Waals surface area contributed by atoms with Crippen LogP contribution in [0.3, 0.4) is 0 Å². The number of hydrogen-bond donors (Lipinski definition) is 1. The molecule has 114 valence electrons. The van der Waals surface area contributed by atoms with Gasteiger partial charge in [-0.3, -0.25) is 4.57 Å². The lowest BCUT2D eigenvalue weighted by molar-refractivity contribution is 0.0526. The SMILES string of the molecule is CC(C)c1cc(Br)c(CCCO)n1C(=O)OC(C)(C)C. The van der Waals surface area contributed by atoms with Gasteiger partial charge in [-0.15, -0.1) is 0 Å². The lowest BCUT2D eigenvalue weighted by Crippen LogP contribution is -2.29. The zero-order chi connectivity index (χ0) is 15.5. The Hall–Kier alpha value is -0.810. The number of nitrogens with zero attached hydrogens (tertiary/aromatic N) is 1. The molecule has 1 aromatic rings. The molecule has 0 aliphatic heterocycles. The fraction of sp³-hybridized carbons (Fsp3) is 0.667. The van der Waals surface area contributed by atoms with E-state index in [1.54, 1.807) is 4.57 Å². The van der Waals surface area contributed by atoms with Gasteiger partial charge in [-0.1, -0.05) is 13.8 Å². The first kappa shape index (κ1) is 17.2. The van der Waals surface area contributed by atoms with E-state index in [1.807, 2.05) is 40.7 Å². The minimum atomic E-state index is -0.531. The maximum Gasteiger partial charge on any atom is 0.418 e. The van der Waals surface area contributed by atoms with Gasteiger partial charge in [0.25, 0.3) is 0 Å². The summed E-state index contributed by atoms with van der Waals surface area (Å²) in [4.78, 5) is 12.4. The van der Waals surface area contributed by atoms with E-state index < -0.39 is 5.60 Å². The molecule has 0 aromatic carbocycles. The Morgan fingerprint density at radius 3 is 2.50 bits per heavy atom. The van der Waals surface area contributed by atoms with Crippen molar-refractivity contribution in [1.82, 2.24) is 4.57 Å². The first-order valence-corrected chi connectivity index (χ1v) is 7.71. The molecule has 1 heterocycles. The molecular formula is C15H24BrNO3. The van der Waals surface area contributed by atoms with Gasteiger partial charge in [-0.2, -0.15) is 0 Å². The van der Waals surface area contributed by atoms with Crippen LogP contribution in [0, 0.1) is 0 Å². The van der Waals surface area contributed by atoms with Crippen molar-refractivity contribution in [3.05, 3.63) is 21.9 Å². The molecule has 0 spiro atoms. The van der Waals surface area contributed by atoms with Crippen molar-refractivity contribution in [2.24, 2.45) is 0 Å². The highest BCUT2D eigenvalue weighted by Gasteiger charge is 2.25. The molecule has 1 N–H and O–H groups in total. The summed E-state index contributed by atoms with van der Waals surface area (Å²) >= 11 is 3.50. The molecule has 20 heavy (non-hydrogen) atoms. The van der Waals surface area contributed by atoms with Crippen molar-refractivity contribution in [3.8, 4) is 0 Å². The molecule has 0 saturated heterocycles. The van der Waals surface area contributed by atoms with Crippen LogP contribution in [0.15, 0.2) is 10.5 Å². The van der Waals surface area contributed by atoms with Crippen molar-refractivity contribution < 1.29 is 14.6 Å². The van der Waals surface area contributed by atoms with Crippen molar-refractivity contribution in [2.45, 2.75) is 59.0 Å². The lowest BCUT2D eigenvalue weighted by atomic mass is 10.1. The number of carbonyl (C=O) groups excluding carboxylic acids is 1. The molecule has 0 amide bonds. The van der Waals surface area contributed by atoms with E-state index in [-0.39, 0.29) is 18.6 Å². The minimum absolute atomic E-state index is 0.100. The summed E-state index contributed by atoms with van der Waals surface area (Å²) in [5, 5.41) is 9.01. The molecule has 1 rings (SSSR count). The summed E-state index contributed by atoms with van der Waals surface area (Å²) in [7, 11) is 0. The zero-order valence-corrected chi connectivity index (χ0v) is 14.5. The Bertz CT molecular complexity index is 472. The van der Waals surface area contributed by atoms with Crippen LogP contribution < -0.4 is 0 Å². The fourth-order valence-corrected chi connectivity index (χ4v) is 2.58. The zero-order valence-electron chi connectivity index (χ0n) is 12.9. The Labute approximate surface area is 129 Å². The highest BCUT2D eigenvalue weighted by atomic mass is 79.9. The van der Waals surface area contributed by atoms with Crippen LogP contribution in [0.2, 0.25) is 0 Å². The third-order valence-corrected chi connectivity index (χ3v) is 3.50. The van der Waals surface area contributed by atoms with Crippen LogP contribution in [0.5, 0.6) is 0 Å². The Morgan fingerprint density at radius 1 is 1.45 bits per heavy atom. The largest absolute Gasteiger partial charge is 0.443 e. The molecule has 1 aromatic heterocycles. The molecular weight excluding hydrogens is 322 g/mol. The van der Waals surface area contributed by atoms with Crippen molar-refractivity contribution in [3.63, 3.8) is 0 Å². The van der Waals surface area contributed by atoms with Crippen LogP contribution in [0.4, 0.5) is 4.79 Å². The van der Waals surface area contributed by atoms with Gasteiger partial charge >= 0.3 is 6.09 Å². The molecule has 0 aliphatic carbocycles. The summed E-state index contributed by atoms with van der Waals surface area (Å²) in [6.45, 7) is 9.74. The average Bonchev–Trinajstić information content (AvgIpc) is 2.61. The second-order valence-corrected chi connectivity index (χ2v) is 7.02. The molecule has 0 aliphatic rings. The standard InChI is InChI=1S/C15H24BrNO3/c1-10(2)13-9-11(16)12(7-6-8-18)17(13)14(19)20-15(3,4)5/h9-10,18H,6-8H2,1-5H3. The molecule has 0 atom stereocenters. The topological polar surface area (TPSA) is 51.5 Å². The van der Waals surface area contributed by atoms with Gasteiger partial charge in [0.1, 0.15) is 5.60 Å². The van der Waals surface area contributed by atoms with Gasteiger partial charge in [0.15, 0.2) is 0 Å². The minimum Gasteiger partial charge on any atom is -0.443 e. The van der Waals surface area contributed by atoms with E-state index in [0.29, 0.717) is 12.8 Å². The predicted molar refractivity (Wildman–Crippen MR) is 83.3 cm³/mol. The number of hydrogen-bond acceptors (Lipinski definition) is 3. The quantitative estimate of drug-likeness (QED) is 0.894. The molecule has 0 saturated carbocycles. The van der Waals surface area contributed by atoms with Crippen molar-refractivity contribution in [2.75, 3.05) is 6.61 Å². The average molecular weight is 346 g/mol. The number of ether oxygens (including phenoxy) is 1. The molecule has 0 unspecified atom stereocenters. The number of carbonyl (C=O) groups is 1. The van der Waals surface area contributed by atoms with Crippen LogP contribution in [0.1, 0.15) is 58.3 Å². The van der Waals surface area contributed by atoms with Crippen LogP contribution >= 0.6 is 15.9 Å². The maximum absolute atomic E-state index is 12.4. The van der Waals surface area contributed by atoms with E-state index >= 15 is 0 Å². The van der Waals surface area contributed by atoms with Gasteiger partial charge in [0.2, 0.25) is 0 Å². The second-order valence-electron chi connectivity index (χ2n) is 6.16. The van der Waals surface area contributed by atoms with E-state index in [0.717, 1.165) is 15.9 Å². The molecule has 5 heteroatoms. The Balaban J connectivity index is 3.21. The molecule has 0 fully saturated rings. The first-order chi connectivity index (χ1) is 9.17. The normalized spacial score (nSPS) is 12.0. The Kier molecular flexibility index (Phi) is 5.83. The van der Waals surface area contributed by atoms with Crippen molar-refractivity contribution in [1.29, 1.82) is 0 Å². The molecule has 0 bridgehead atoms. The predicted octanol–water partition coefficient (Wildman–Crippen LogP) is 4.08. The third-order valence-electron chi connectivity index (χ3n) is 2.82. The fourth-order valence-electron chi connectivity index (χ4n) is 1.97. The van der Waals surface area contributed by atoms with E-state index in [4.69, 9.17) is 9.84 Å². The second kappa shape index (κ2) is 6.76. The van der Waals surface area contributed by atoms with Crippen LogP contribution in [0.25, 0.3) is 0 Å². The number of rotatable bonds is 4. The van der Waals surface area contributed by atoms with Gasteiger partial charge in [-0.05, 0) is 61.5 Å². The van der Waals surface area contributed by atoms with Gasteiger partial charge in [-0.25, -0.2) is 4.79 Å². The molecule has 0 radical (unpaired) electrons. The van der Waals surface area contributed by atoms with E-state index in [1.165, 1.54) is 0 Å². The number of aliphatic hydroxyl groups excluding tert-OH is 1. The summed E-state index contributed by atoms with van der Waals surface area (Å²) in [5.74, 6) is 0.210. The monoisotopic (exact) mass is 345 g/mol. The summed E-state index contributed by atoms with van der Waals surface area (Å²) in [6.07, 6.45) is 0.881. The van der Waals surface area contributed by atoms with Gasteiger partial charge in [0.05, 0.1) is 0 Å². The Morgan fingerprint density at radius 2 is 2.05 bits per heavy atom. The smallest absolute Gasteiger partial charge is 0.418 e. The summed E-state index contributed by atoms with van der Waals surface area (Å²) in [5.41, 5.74) is 1.24. The van der Waals surface area contributed by atoms with Crippen molar-refractivity contribution >= 4 is 22.0 Å².